The van der Waals surface area contributed by atoms with E-state index >= 15 is 0 Å². The molecule has 4 nitrogen and oxygen atoms in total. The maximum atomic E-state index is 11.9. The molecule has 2 N–H and O–H groups in total. The normalized spacial score (nSPS) is 15.7. The average Bonchev–Trinajstić information content (AvgIpc) is 2.72. The maximum absolute atomic E-state index is 11.9. The summed E-state index contributed by atoms with van der Waals surface area (Å²) in [6, 6.07) is 3.17. The third-order valence-corrected chi connectivity index (χ3v) is 2.72. The molecule has 0 saturated carbocycles. The van der Waals surface area contributed by atoms with Crippen molar-refractivity contribution in [3.63, 3.8) is 0 Å². The van der Waals surface area contributed by atoms with Crippen molar-refractivity contribution in [2.75, 3.05) is 7.11 Å². The van der Waals surface area contributed by atoms with Crippen LogP contribution in [0.15, 0.2) is 12.1 Å². The van der Waals surface area contributed by atoms with Crippen molar-refractivity contribution in [3.8, 4) is 5.75 Å². The molecule has 16 heavy (non-hydrogen) atoms. The number of carbonyl (C=O) groups excluding carboxylic acids is 1. The number of hydrogen-bond donors (Lipinski definition) is 1. The van der Waals surface area contributed by atoms with Gasteiger partial charge in [0.2, 0.25) is 0 Å². The van der Waals surface area contributed by atoms with Crippen LogP contribution in [0.25, 0.3) is 0 Å². The monoisotopic (exact) mass is 221 g/mol. The Bertz CT molecular complexity index is 427. The number of fused-ring (bicyclic) bond motifs is 1. The molecule has 1 aliphatic heterocycles. The largest absolute Gasteiger partial charge is 0.496 e. The lowest BCUT2D eigenvalue weighted by Crippen LogP contribution is -2.27. The summed E-state index contributed by atoms with van der Waals surface area (Å²) in [5.41, 5.74) is 8.27. The van der Waals surface area contributed by atoms with Gasteiger partial charge in [-0.1, -0.05) is 0 Å². The summed E-state index contributed by atoms with van der Waals surface area (Å²) in [6.45, 7) is 2.81. The third-order valence-electron chi connectivity index (χ3n) is 2.72. The van der Waals surface area contributed by atoms with Crippen LogP contribution < -0.4 is 10.5 Å². The zero-order valence-corrected chi connectivity index (χ0v) is 9.45. The van der Waals surface area contributed by atoms with E-state index in [2.05, 4.69) is 0 Å². The number of hydrogen-bond acceptors (Lipinski definition) is 4. The Morgan fingerprint density at radius 1 is 1.44 bits per heavy atom. The Balaban J connectivity index is 2.47. The first-order valence-corrected chi connectivity index (χ1v) is 5.21. The lowest BCUT2D eigenvalue weighted by molar-refractivity contribution is 0.0965. The number of ketones is 1. The van der Waals surface area contributed by atoms with Gasteiger partial charge in [0.25, 0.3) is 0 Å². The van der Waals surface area contributed by atoms with Crippen LogP contribution >= 0.6 is 0 Å². The first kappa shape index (κ1) is 11.1. The van der Waals surface area contributed by atoms with E-state index in [4.69, 9.17) is 15.2 Å². The van der Waals surface area contributed by atoms with Gasteiger partial charge in [-0.25, -0.2) is 0 Å². The molecular formula is C12H15NO3. The second-order valence-corrected chi connectivity index (χ2v) is 3.97. The van der Waals surface area contributed by atoms with Crippen molar-refractivity contribution in [2.45, 2.75) is 26.2 Å². The number of rotatable bonds is 3. The zero-order valence-electron chi connectivity index (χ0n) is 9.45. The molecule has 0 bridgehead atoms. The SMILES string of the molecule is COc1cc2c(cc1C(=O)C(C)N)COC2. The Kier molecular flexibility index (Phi) is 2.94. The van der Waals surface area contributed by atoms with Crippen LogP contribution in [0.3, 0.4) is 0 Å². The molecule has 0 amide bonds. The summed E-state index contributed by atoms with van der Waals surface area (Å²) >= 11 is 0. The molecule has 1 aromatic rings. The van der Waals surface area contributed by atoms with Crippen molar-refractivity contribution in [1.82, 2.24) is 0 Å². The van der Waals surface area contributed by atoms with Gasteiger partial charge in [0, 0.05) is 0 Å². The van der Waals surface area contributed by atoms with Crippen molar-refractivity contribution in [1.29, 1.82) is 0 Å². The molecule has 4 heteroatoms. The Morgan fingerprint density at radius 2 is 2.06 bits per heavy atom. The molecule has 0 fully saturated rings. The molecule has 2 rings (SSSR count). The topological polar surface area (TPSA) is 61.5 Å². The van der Waals surface area contributed by atoms with E-state index in [0.717, 1.165) is 11.1 Å². The summed E-state index contributed by atoms with van der Waals surface area (Å²) in [6.07, 6.45) is 0. The number of nitrogens with two attached hydrogens (primary N) is 1. The molecule has 0 radical (unpaired) electrons. The highest BCUT2D eigenvalue weighted by Gasteiger charge is 2.21. The highest BCUT2D eigenvalue weighted by molar-refractivity contribution is 6.02. The van der Waals surface area contributed by atoms with Gasteiger partial charge in [-0.05, 0) is 30.2 Å². The second-order valence-electron chi connectivity index (χ2n) is 3.97. The predicted molar refractivity (Wildman–Crippen MR) is 59.5 cm³/mol. The van der Waals surface area contributed by atoms with Gasteiger partial charge in [-0.3, -0.25) is 4.79 Å². The maximum Gasteiger partial charge on any atom is 0.182 e. The highest BCUT2D eigenvalue weighted by Crippen LogP contribution is 2.29. The number of ether oxygens (including phenoxy) is 2. The lowest BCUT2D eigenvalue weighted by atomic mass is 9.99. The molecule has 1 aromatic carbocycles. The average molecular weight is 221 g/mol. The van der Waals surface area contributed by atoms with E-state index in [1.807, 2.05) is 12.1 Å². The first-order chi connectivity index (χ1) is 7.63. The standard InChI is InChI=1S/C12H15NO3/c1-7(13)12(14)10-3-8-5-16-6-9(8)4-11(10)15-2/h3-4,7H,5-6,13H2,1-2H3. The molecule has 0 saturated heterocycles. The third kappa shape index (κ3) is 1.81. The van der Waals surface area contributed by atoms with Gasteiger partial charge in [0.1, 0.15) is 5.75 Å². The lowest BCUT2D eigenvalue weighted by Gasteiger charge is -2.11. The molecule has 86 valence electrons. The number of benzene rings is 1. The van der Waals surface area contributed by atoms with E-state index in [-0.39, 0.29) is 5.78 Å². The molecule has 1 heterocycles. The summed E-state index contributed by atoms with van der Waals surface area (Å²) in [4.78, 5) is 11.9. The van der Waals surface area contributed by atoms with Gasteiger partial charge >= 0.3 is 0 Å². The second kappa shape index (κ2) is 4.23. The van der Waals surface area contributed by atoms with E-state index in [1.165, 1.54) is 0 Å². The van der Waals surface area contributed by atoms with Gasteiger partial charge in [-0.2, -0.15) is 0 Å². The molecule has 0 aliphatic carbocycles. The minimum Gasteiger partial charge on any atom is -0.496 e. The quantitative estimate of drug-likeness (QED) is 0.780. The van der Waals surface area contributed by atoms with Crippen LogP contribution in [0.2, 0.25) is 0 Å². The molecule has 1 unspecified atom stereocenters. The smallest absolute Gasteiger partial charge is 0.182 e. The van der Waals surface area contributed by atoms with Crippen LogP contribution in [0.1, 0.15) is 28.4 Å². The van der Waals surface area contributed by atoms with Crippen LogP contribution in [0.5, 0.6) is 5.75 Å². The first-order valence-electron chi connectivity index (χ1n) is 5.21. The van der Waals surface area contributed by atoms with Crippen molar-refractivity contribution >= 4 is 5.78 Å². The fourth-order valence-corrected chi connectivity index (χ4v) is 1.81. The van der Waals surface area contributed by atoms with E-state index < -0.39 is 6.04 Å². The number of Topliss-reactive ketones (excluding diaryl/α,β-unsaturated/α-hetero) is 1. The van der Waals surface area contributed by atoms with Gasteiger partial charge in [0.15, 0.2) is 5.78 Å². The molecule has 1 atom stereocenters. The summed E-state index contributed by atoms with van der Waals surface area (Å²) < 4.78 is 10.5. The Hall–Kier alpha value is -1.39. The fourth-order valence-electron chi connectivity index (χ4n) is 1.81. The van der Waals surface area contributed by atoms with Crippen LogP contribution in [-0.4, -0.2) is 18.9 Å². The Labute approximate surface area is 94.3 Å². The minimum absolute atomic E-state index is 0.105. The summed E-state index contributed by atoms with van der Waals surface area (Å²) in [7, 11) is 1.55. The summed E-state index contributed by atoms with van der Waals surface area (Å²) in [5.74, 6) is 0.470. The highest BCUT2D eigenvalue weighted by atomic mass is 16.5. The minimum atomic E-state index is -0.519. The van der Waals surface area contributed by atoms with Gasteiger partial charge < -0.3 is 15.2 Å². The predicted octanol–water partition coefficient (Wildman–Crippen LogP) is 1.26. The molecule has 0 aromatic heterocycles. The Morgan fingerprint density at radius 3 is 2.62 bits per heavy atom. The molecule has 0 spiro atoms. The number of methoxy groups -OCH3 is 1. The molecule has 1 aliphatic rings. The number of carbonyl (C=O) groups is 1. The fraction of sp³-hybridized carbons (Fsp3) is 0.417. The van der Waals surface area contributed by atoms with Crippen molar-refractivity contribution in [3.05, 3.63) is 28.8 Å². The van der Waals surface area contributed by atoms with E-state index in [0.29, 0.717) is 24.5 Å². The van der Waals surface area contributed by atoms with E-state index in [1.54, 1.807) is 14.0 Å². The van der Waals surface area contributed by atoms with Gasteiger partial charge in [0.05, 0.1) is 31.9 Å². The van der Waals surface area contributed by atoms with Crippen LogP contribution in [-0.2, 0) is 18.0 Å². The van der Waals surface area contributed by atoms with Crippen LogP contribution in [0.4, 0.5) is 0 Å². The van der Waals surface area contributed by atoms with Crippen LogP contribution in [0, 0.1) is 0 Å². The van der Waals surface area contributed by atoms with E-state index in [9.17, 15) is 4.79 Å². The van der Waals surface area contributed by atoms with Crippen molar-refractivity contribution in [2.24, 2.45) is 5.73 Å². The summed E-state index contributed by atoms with van der Waals surface area (Å²) in [5, 5.41) is 0. The van der Waals surface area contributed by atoms with Gasteiger partial charge in [-0.15, -0.1) is 0 Å². The molecular weight excluding hydrogens is 206 g/mol. The van der Waals surface area contributed by atoms with Crippen molar-refractivity contribution < 1.29 is 14.3 Å². The zero-order chi connectivity index (χ0) is 11.7.